The van der Waals surface area contributed by atoms with Crippen molar-refractivity contribution in [2.24, 2.45) is 5.41 Å². The number of aromatic nitrogens is 3. The number of nitrogens with zero attached hydrogens (tertiary/aromatic N) is 3. The number of H-pyrrole nitrogens is 1. The largest absolute Gasteiger partial charge is 0.466 e. The number of amides is 1. The van der Waals surface area contributed by atoms with E-state index in [0.717, 1.165) is 12.8 Å². The van der Waals surface area contributed by atoms with Gasteiger partial charge in [-0.25, -0.2) is 0 Å². The second-order valence-electron chi connectivity index (χ2n) is 6.15. The van der Waals surface area contributed by atoms with Crippen LogP contribution in [0.15, 0.2) is 0 Å². The van der Waals surface area contributed by atoms with Gasteiger partial charge in [0.05, 0.1) is 17.7 Å². The maximum atomic E-state index is 12.8. The van der Waals surface area contributed by atoms with Crippen molar-refractivity contribution in [3.63, 3.8) is 0 Å². The van der Waals surface area contributed by atoms with Gasteiger partial charge in [-0.2, -0.15) is 15.4 Å². The molecule has 0 radical (unpaired) electrons. The van der Waals surface area contributed by atoms with E-state index in [9.17, 15) is 9.59 Å². The molecule has 1 aromatic heterocycles. The van der Waals surface area contributed by atoms with E-state index in [1.54, 1.807) is 6.92 Å². The molecule has 0 spiro atoms. The molecule has 120 valence electrons. The van der Waals surface area contributed by atoms with E-state index in [0.29, 0.717) is 30.8 Å². The Morgan fingerprint density at radius 1 is 1.36 bits per heavy atom. The van der Waals surface area contributed by atoms with Gasteiger partial charge in [0.2, 0.25) is 0 Å². The van der Waals surface area contributed by atoms with Crippen LogP contribution in [0.5, 0.6) is 0 Å². The van der Waals surface area contributed by atoms with Crippen LogP contribution in [0.2, 0.25) is 0 Å². The van der Waals surface area contributed by atoms with Crippen LogP contribution < -0.4 is 0 Å². The van der Waals surface area contributed by atoms with Gasteiger partial charge in [0.1, 0.15) is 0 Å². The smallest absolute Gasteiger partial charge is 0.314 e. The van der Waals surface area contributed by atoms with Crippen molar-refractivity contribution in [1.82, 2.24) is 20.3 Å². The number of rotatable bonds is 4. The zero-order valence-corrected chi connectivity index (χ0v) is 13.3. The third-order valence-electron chi connectivity index (χ3n) is 5.21. The summed E-state index contributed by atoms with van der Waals surface area (Å²) >= 11 is 0. The van der Waals surface area contributed by atoms with Crippen LogP contribution >= 0.6 is 0 Å². The van der Waals surface area contributed by atoms with Crippen LogP contribution in [-0.4, -0.2) is 50.9 Å². The monoisotopic (exact) mass is 306 g/mol. The first-order valence-corrected chi connectivity index (χ1v) is 7.92. The number of fused-ring (bicyclic) bond motifs is 2. The maximum absolute atomic E-state index is 12.8. The number of hydrogen-bond acceptors (Lipinski definition) is 5. The molecule has 0 aliphatic carbocycles. The fourth-order valence-electron chi connectivity index (χ4n) is 4.12. The number of aromatic amines is 1. The number of carbonyl (C=O) groups excluding carboxylic acids is 2. The molecule has 2 bridgehead atoms. The summed E-state index contributed by atoms with van der Waals surface area (Å²) in [6.45, 7) is 5.94. The predicted molar refractivity (Wildman–Crippen MR) is 78.1 cm³/mol. The Hall–Kier alpha value is -1.92. The van der Waals surface area contributed by atoms with Crippen molar-refractivity contribution >= 4 is 11.9 Å². The van der Waals surface area contributed by atoms with E-state index in [2.05, 4.69) is 15.4 Å². The fourth-order valence-corrected chi connectivity index (χ4v) is 4.12. The number of hydrogen-bond donors (Lipinski definition) is 1. The number of esters is 1. The summed E-state index contributed by atoms with van der Waals surface area (Å²) in [5.74, 6) is -0.294. The number of carbonyl (C=O) groups is 2. The van der Waals surface area contributed by atoms with Crippen LogP contribution in [-0.2, 0) is 9.53 Å². The standard InChI is InChI=1S/C15H22N4O3/c1-4-15(14(21)22-5-2)8-10-6-7-11(15)19(10)13(20)12-9(3)16-18-17-12/h10-11H,4-8H2,1-3H3,(H,16,17,18)/t10-,11+,15+/m1/s1. The van der Waals surface area contributed by atoms with Crippen LogP contribution in [0, 0.1) is 12.3 Å². The van der Waals surface area contributed by atoms with Gasteiger partial charge in [-0.3, -0.25) is 9.59 Å². The minimum atomic E-state index is -0.563. The van der Waals surface area contributed by atoms with Crippen molar-refractivity contribution < 1.29 is 14.3 Å². The highest BCUT2D eigenvalue weighted by atomic mass is 16.5. The molecule has 2 aliphatic heterocycles. The summed E-state index contributed by atoms with van der Waals surface area (Å²) in [4.78, 5) is 27.2. The summed E-state index contributed by atoms with van der Waals surface area (Å²) in [5, 5.41) is 10.4. The number of ether oxygens (including phenoxy) is 1. The summed E-state index contributed by atoms with van der Waals surface area (Å²) in [5.41, 5.74) is 0.383. The summed E-state index contributed by atoms with van der Waals surface area (Å²) < 4.78 is 5.30. The average molecular weight is 306 g/mol. The van der Waals surface area contributed by atoms with Gasteiger partial charge in [0, 0.05) is 12.1 Å². The van der Waals surface area contributed by atoms with E-state index in [-0.39, 0.29) is 24.0 Å². The second kappa shape index (κ2) is 5.37. The van der Waals surface area contributed by atoms with Crippen molar-refractivity contribution in [1.29, 1.82) is 0 Å². The Labute approximate surface area is 129 Å². The summed E-state index contributed by atoms with van der Waals surface area (Å²) in [6.07, 6.45) is 3.17. The topological polar surface area (TPSA) is 88.2 Å². The molecule has 7 heteroatoms. The second-order valence-corrected chi connectivity index (χ2v) is 6.15. The molecule has 22 heavy (non-hydrogen) atoms. The van der Waals surface area contributed by atoms with E-state index >= 15 is 0 Å². The van der Waals surface area contributed by atoms with Gasteiger partial charge >= 0.3 is 5.97 Å². The molecule has 1 amide bonds. The van der Waals surface area contributed by atoms with Gasteiger partial charge in [-0.05, 0) is 39.5 Å². The molecule has 7 nitrogen and oxygen atoms in total. The van der Waals surface area contributed by atoms with Crippen LogP contribution in [0.4, 0.5) is 0 Å². The molecule has 0 saturated carbocycles. The molecule has 2 saturated heterocycles. The third kappa shape index (κ3) is 1.94. The lowest BCUT2D eigenvalue weighted by molar-refractivity contribution is -0.157. The van der Waals surface area contributed by atoms with Gasteiger partial charge in [0.25, 0.3) is 5.91 Å². The fraction of sp³-hybridized carbons (Fsp3) is 0.733. The molecule has 0 aromatic carbocycles. The Bertz CT molecular complexity index is 599. The van der Waals surface area contributed by atoms with Gasteiger partial charge in [0.15, 0.2) is 5.69 Å². The Balaban J connectivity index is 1.91. The normalized spacial score (nSPS) is 29.9. The molecule has 3 atom stereocenters. The lowest BCUT2D eigenvalue weighted by Crippen LogP contribution is -2.45. The molecular weight excluding hydrogens is 284 g/mol. The highest BCUT2D eigenvalue weighted by molar-refractivity contribution is 5.95. The van der Waals surface area contributed by atoms with Crippen LogP contribution in [0.25, 0.3) is 0 Å². The first-order chi connectivity index (χ1) is 10.5. The van der Waals surface area contributed by atoms with Crippen LogP contribution in [0.3, 0.4) is 0 Å². The first kappa shape index (κ1) is 15.0. The van der Waals surface area contributed by atoms with E-state index in [4.69, 9.17) is 4.74 Å². The van der Waals surface area contributed by atoms with E-state index in [1.807, 2.05) is 18.7 Å². The Morgan fingerprint density at radius 2 is 2.14 bits per heavy atom. The SMILES string of the molecule is CCOC(=O)[C@@]1(CC)C[C@H]2CC[C@@H]1N2C(=O)c1n[nH]nc1C. The molecule has 0 unspecified atom stereocenters. The molecule has 3 heterocycles. The predicted octanol–water partition coefficient (Wildman–Crippen LogP) is 1.45. The third-order valence-corrected chi connectivity index (χ3v) is 5.21. The highest BCUT2D eigenvalue weighted by Crippen LogP contribution is 2.52. The van der Waals surface area contributed by atoms with Gasteiger partial charge in [-0.15, -0.1) is 0 Å². The first-order valence-electron chi connectivity index (χ1n) is 7.92. The van der Waals surface area contributed by atoms with E-state index in [1.165, 1.54) is 0 Å². The van der Waals surface area contributed by atoms with Crippen molar-refractivity contribution in [2.75, 3.05) is 6.61 Å². The molecule has 3 rings (SSSR count). The molecule has 2 fully saturated rings. The molecular formula is C15H22N4O3. The lowest BCUT2D eigenvalue weighted by atomic mass is 9.72. The summed E-state index contributed by atoms with van der Waals surface area (Å²) in [6, 6.07) is 0.00288. The lowest BCUT2D eigenvalue weighted by Gasteiger charge is -2.33. The Kier molecular flexibility index (Phi) is 3.66. The molecule has 2 aliphatic rings. The van der Waals surface area contributed by atoms with Gasteiger partial charge < -0.3 is 9.64 Å². The quantitative estimate of drug-likeness (QED) is 0.851. The van der Waals surface area contributed by atoms with Gasteiger partial charge in [-0.1, -0.05) is 6.92 Å². The minimum absolute atomic E-state index is 0.0925. The highest BCUT2D eigenvalue weighted by Gasteiger charge is 2.61. The van der Waals surface area contributed by atoms with Crippen molar-refractivity contribution in [2.45, 2.75) is 58.5 Å². The zero-order valence-electron chi connectivity index (χ0n) is 13.3. The zero-order chi connectivity index (χ0) is 15.9. The molecule has 1 N–H and O–H groups in total. The maximum Gasteiger partial charge on any atom is 0.314 e. The minimum Gasteiger partial charge on any atom is -0.466 e. The van der Waals surface area contributed by atoms with Crippen molar-refractivity contribution in [3.8, 4) is 0 Å². The van der Waals surface area contributed by atoms with Crippen molar-refractivity contribution in [3.05, 3.63) is 11.4 Å². The van der Waals surface area contributed by atoms with Crippen LogP contribution in [0.1, 0.15) is 55.7 Å². The number of nitrogens with one attached hydrogen (secondary N) is 1. The number of aryl methyl sites for hydroxylation is 1. The molecule has 1 aromatic rings. The summed E-state index contributed by atoms with van der Waals surface area (Å²) in [7, 11) is 0. The Morgan fingerprint density at radius 3 is 2.73 bits per heavy atom. The van der Waals surface area contributed by atoms with E-state index < -0.39 is 5.41 Å². The average Bonchev–Trinajstić information content (AvgIpc) is 3.19.